The zero-order chi connectivity index (χ0) is 9.14. The number of guanidine groups is 1. The fourth-order valence-electron chi connectivity index (χ4n) is 1.17. The Morgan fingerprint density at radius 2 is 1.46 bits per heavy atom. The van der Waals surface area contributed by atoms with Crippen LogP contribution in [0.2, 0.25) is 0 Å². The second kappa shape index (κ2) is 4.76. The van der Waals surface area contributed by atoms with Gasteiger partial charge in [-0.2, -0.15) is 0 Å². The first-order chi connectivity index (χ1) is 5.61. The first-order valence-electron chi connectivity index (χ1n) is 3.74. The molecule has 2 amide bonds. The van der Waals surface area contributed by atoms with Crippen LogP contribution >= 0.6 is 12.4 Å². The van der Waals surface area contributed by atoms with Crippen LogP contribution in [0.5, 0.6) is 0 Å². The Bertz CT molecular complexity index is 179. The van der Waals surface area contributed by atoms with Crippen molar-refractivity contribution in [3.63, 3.8) is 0 Å². The van der Waals surface area contributed by atoms with Crippen LogP contribution in [-0.2, 0) is 0 Å². The van der Waals surface area contributed by atoms with Gasteiger partial charge >= 0.3 is 6.03 Å². The van der Waals surface area contributed by atoms with Gasteiger partial charge in [0.05, 0.1) is 0 Å². The van der Waals surface area contributed by atoms with Crippen molar-refractivity contribution in [1.82, 2.24) is 9.80 Å². The van der Waals surface area contributed by atoms with Gasteiger partial charge in [0.15, 0.2) is 5.96 Å². The van der Waals surface area contributed by atoms with Crippen LogP contribution in [0.4, 0.5) is 4.79 Å². The first-order valence-corrected chi connectivity index (χ1v) is 3.74. The maximum absolute atomic E-state index is 10.7. The van der Waals surface area contributed by atoms with Gasteiger partial charge in [0.1, 0.15) is 0 Å². The molecule has 0 aromatic rings. The predicted octanol–water partition coefficient (Wildman–Crippen LogP) is -1.00. The molecule has 1 fully saturated rings. The second-order valence-electron chi connectivity index (χ2n) is 2.70. The van der Waals surface area contributed by atoms with Crippen LogP contribution in [0.3, 0.4) is 0 Å². The van der Waals surface area contributed by atoms with Crippen molar-refractivity contribution in [3.05, 3.63) is 0 Å². The van der Waals surface area contributed by atoms with Gasteiger partial charge < -0.3 is 21.3 Å². The summed E-state index contributed by atoms with van der Waals surface area (Å²) in [5.74, 6) is 0.0547. The highest BCUT2D eigenvalue weighted by atomic mass is 35.5. The standard InChI is InChI=1S/C6H13N5O.ClH/c7-5(8)10-1-3-11(4-2-10)6(9)12;/h1-4H2,(H3,7,8)(H2,9,12);1H. The Labute approximate surface area is 82.8 Å². The van der Waals surface area contributed by atoms with Crippen molar-refractivity contribution < 1.29 is 4.79 Å². The van der Waals surface area contributed by atoms with E-state index < -0.39 is 6.03 Å². The van der Waals surface area contributed by atoms with E-state index in [2.05, 4.69) is 0 Å². The number of nitrogens with one attached hydrogen (secondary N) is 1. The van der Waals surface area contributed by atoms with Gasteiger partial charge in [-0.15, -0.1) is 12.4 Å². The first kappa shape index (κ1) is 11.8. The Kier molecular flexibility index (Phi) is 4.33. The van der Waals surface area contributed by atoms with Crippen LogP contribution in [0.1, 0.15) is 0 Å². The monoisotopic (exact) mass is 207 g/mol. The zero-order valence-electron chi connectivity index (χ0n) is 7.19. The van der Waals surface area contributed by atoms with E-state index >= 15 is 0 Å². The third-order valence-corrected chi connectivity index (χ3v) is 1.93. The molecule has 7 heteroatoms. The molecule has 5 N–H and O–H groups in total. The van der Waals surface area contributed by atoms with Gasteiger partial charge in [-0.05, 0) is 0 Å². The highest BCUT2D eigenvalue weighted by Crippen LogP contribution is 1.99. The summed E-state index contributed by atoms with van der Waals surface area (Å²) in [6.07, 6.45) is 0. The van der Waals surface area contributed by atoms with Gasteiger partial charge in [0.25, 0.3) is 0 Å². The summed E-state index contributed by atoms with van der Waals surface area (Å²) < 4.78 is 0. The highest BCUT2D eigenvalue weighted by molar-refractivity contribution is 5.85. The maximum atomic E-state index is 10.7. The lowest BCUT2D eigenvalue weighted by molar-refractivity contribution is 0.177. The number of amides is 2. The molecule has 1 aliphatic rings. The van der Waals surface area contributed by atoms with Crippen molar-refractivity contribution in [2.75, 3.05) is 26.2 Å². The number of rotatable bonds is 0. The van der Waals surface area contributed by atoms with Gasteiger partial charge in [-0.25, -0.2) is 4.79 Å². The lowest BCUT2D eigenvalue weighted by Gasteiger charge is -2.33. The smallest absolute Gasteiger partial charge is 0.314 e. The molecule has 6 nitrogen and oxygen atoms in total. The molecular weight excluding hydrogens is 194 g/mol. The Hall–Kier alpha value is -1.17. The Balaban J connectivity index is 0.00000144. The molecule has 1 rings (SSSR count). The molecule has 1 aliphatic heterocycles. The average molecular weight is 208 g/mol. The molecule has 0 radical (unpaired) electrons. The summed E-state index contributed by atoms with van der Waals surface area (Å²) in [5.41, 5.74) is 10.3. The zero-order valence-corrected chi connectivity index (χ0v) is 8.01. The van der Waals surface area contributed by atoms with E-state index in [0.29, 0.717) is 26.2 Å². The molecule has 0 aliphatic carbocycles. The predicted molar refractivity (Wildman–Crippen MR) is 51.9 cm³/mol. The van der Waals surface area contributed by atoms with Gasteiger partial charge in [-0.1, -0.05) is 0 Å². The van der Waals surface area contributed by atoms with Crippen LogP contribution < -0.4 is 11.5 Å². The van der Waals surface area contributed by atoms with E-state index in [-0.39, 0.29) is 18.4 Å². The largest absolute Gasteiger partial charge is 0.370 e. The molecule has 0 aromatic heterocycles. The minimum Gasteiger partial charge on any atom is -0.370 e. The molecule has 13 heavy (non-hydrogen) atoms. The van der Waals surface area contributed by atoms with E-state index in [1.165, 1.54) is 0 Å². The van der Waals surface area contributed by atoms with Crippen LogP contribution in [-0.4, -0.2) is 48.0 Å². The third-order valence-electron chi connectivity index (χ3n) is 1.93. The number of hydrogen-bond acceptors (Lipinski definition) is 2. The summed E-state index contributed by atoms with van der Waals surface area (Å²) in [6, 6.07) is -0.404. The van der Waals surface area contributed by atoms with Crippen LogP contribution in [0.25, 0.3) is 0 Å². The Morgan fingerprint density at radius 3 is 1.77 bits per heavy atom. The molecular formula is C6H14ClN5O. The van der Waals surface area contributed by atoms with Crippen molar-refractivity contribution in [2.24, 2.45) is 11.5 Å². The molecule has 76 valence electrons. The quantitative estimate of drug-likeness (QED) is 0.351. The maximum Gasteiger partial charge on any atom is 0.314 e. The molecule has 1 saturated heterocycles. The highest BCUT2D eigenvalue weighted by Gasteiger charge is 2.19. The molecule has 0 saturated carbocycles. The van der Waals surface area contributed by atoms with Crippen molar-refractivity contribution in [1.29, 1.82) is 5.41 Å². The lowest BCUT2D eigenvalue weighted by atomic mass is 10.3. The van der Waals surface area contributed by atoms with Gasteiger partial charge in [0.2, 0.25) is 0 Å². The van der Waals surface area contributed by atoms with Crippen LogP contribution in [0, 0.1) is 5.41 Å². The number of nitrogens with two attached hydrogens (primary N) is 2. The number of carbonyl (C=O) groups is 1. The third kappa shape index (κ3) is 2.98. The fraction of sp³-hybridized carbons (Fsp3) is 0.667. The van der Waals surface area contributed by atoms with E-state index in [0.717, 1.165) is 0 Å². The number of primary amides is 1. The molecule has 0 unspecified atom stereocenters. The minimum absolute atomic E-state index is 0. The number of carbonyl (C=O) groups excluding carboxylic acids is 1. The molecule has 0 bridgehead atoms. The molecule has 0 atom stereocenters. The number of halogens is 1. The Morgan fingerprint density at radius 1 is 1.08 bits per heavy atom. The summed E-state index contributed by atoms with van der Waals surface area (Å²) >= 11 is 0. The van der Waals surface area contributed by atoms with Crippen LogP contribution in [0.15, 0.2) is 0 Å². The van der Waals surface area contributed by atoms with Crippen molar-refractivity contribution >= 4 is 24.4 Å². The second-order valence-corrected chi connectivity index (χ2v) is 2.70. The fourth-order valence-corrected chi connectivity index (χ4v) is 1.17. The average Bonchev–Trinajstić information content (AvgIpc) is 2.04. The molecule has 0 aromatic carbocycles. The normalized spacial score (nSPS) is 16.3. The summed E-state index contributed by atoms with van der Waals surface area (Å²) in [6.45, 7) is 2.29. The van der Waals surface area contributed by atoms with E-state index in [9.17, 15) is 4.79 Å². The van der Waals surface area contributed by atoms with E-state index in [4.69, 9.17) is 16.9 Å². The summed E-state index contributed by atoms with van der Waals surface area (Å²) in [4.78, 5) is 13.9. The lowest BCUT2D eigenvalue weighted by Crippen LogP contribution is -2.53. The number of piperazine rings is 1. The molecule has 1 heterocycles. The van der Waals surface area contributed by atoms with E-state index in [1.807, 2.05) is 0 Å². The topological polar surface area (TPSA) is 99.4 Å². The SMILES string of the molecule is Cl.N=C(N)N1CCN(C(N)=O)CC1. The summed E-state index contributed by atoms with van der Waals surface area (Å²) in [7, 11) is 0. The number of urea groups is 1. The van der Waals surface area contributed by atoms with Gasteiger partial charge in [-0.3, -0.25) is 5.41 Å². The van der Waals surface area contributed by atoms with E-state index in [1.54, 1.807) is 9.80 Å². The molecule has 0 spiro atoms. The number of nitrogens with zero attached hydrogens (tertiary/aromatic N) is 2. The van der Waals surface area contributed by atoms with Crippen molar-refractivity contribution in [2.45, 2.75) is 0 Å². The van der Waals surface area contributed by atoms with Crippen molar-refractivity contribution in [3.8, 4) is 0 Å². The number of hydrogen-bond donors (Lipinski definition) is 3. The minimum atomic E-state index is -0.404. The summed E-state index contributed by atoms with van der Waals surface area (Å²) in [5, 5.41) is 7.13. The van der Waals surface area contributed by atoms with Gasteiger partial charge in [0, 0.05) is 26.2 Å².